The second-order valence-electron chi connectivity index (χ2n) is 9.34. The van der Waals surface area contributed by atoms with Crippen molar-refractivity contribution in [3.63, 3.8) is 0 Å². The molecule has 1 unspecified atom stereocenters. The van der Waals surface area contributed by atoms with E-state index in [0.29, 0.717) is 30.8 Å². The van der Waals surface area contributed by atoms with Gasteiger partial charge in [0.1, 0.15) is 5.75 Å². The highest BCUT2D eigenvalue weighted by atomic mass is 32.2. The van der Waals surface area contributed by atoms with Crippen molar-refractivity contribution >= 4 is 48.3 Å². The Morgan fingerprint density at radius 2 is 1.83 bits per heavy atom. The summed E-state index contributed by atoms with van der Waals surface area (Å²) in [6.45, 7) is 4.51. The minimum atomic E-state index is -3.68. The molecule has 2 aliphatic heterocycles. The number of carbonyl (C=O) groups excluding carboxylic acids is 1. The second-order valence-corrected chi connectivity index (χ2v) is 12.3. The molecule has 2 saturated heterocycles. The molecule has 0 radical (unpaired) electrons. The number of sulfonamides is 1. The maximum absolute atomic E-state index is 13.2. The number of benzene rings is 2. The molecule has 1 aromatic heterocycles. The summed E-state index contributed by atoms with van der Waals surface area (Å²) < 4.78 is 33.9. The molecule has 9 nitrogen and oxygen atoms in total. The van der Waals surface area contributed by atoms with Gasteiger partial charge in [-0.25, -0.2) is 13.4 Å². The van der Waals surface area contributed by atoms with Gasteiger partial charge in [0, 0.05) is 45.0 Å². The van der Waals surface area contributed by atoms with Gasteiger partial charge in [-0.3, -0.25) is 4.79 Å². The maximum Gasteiger partial charge on any atom is 0.243 e. The standard InChI is InChI=1S/C25H31N5O4S2/c1-28-12-14-29(15-13-28)25-27-22-10-5-19(16-23(22)35-25)26-24(31)18-4-3-11-30(17-18)36(32,33)21-8-6-20(34-2)7-9-21/h5-10,16,18H,3-4,11-15,17H2,1-2H3,(H,26,31). The van der Waals surface area contributed by atoms with Gasteiger partial charge in [0.15, 0.2) is 5.13 Å². The van der Waals surface area contributed by atoms with Crippen molar-refractivity contribution in [2.45, 2.75) is 17.7 Å². The highest BCUT2D eigenvalue weighted by Gasteiger charge is 2.33. The summed E-state index contributed by atoms with van der Waals surface area (Å²) in [5.74, 6) is 0.0241. The molecule has 0 saturated carbocycles. The van der Waals surface area contributed by atoms with E-state index in [0.717, 1.165) is 41.5 Å². The molecule has 2 aliphatic rings. The number of aromatic nitrogens is 1. The molecular weight excluding hydrogens is 498 g/mol. The number of likely N-dealkylation sites (N-methyl/N-ethyl adjacent to an activating group) is 1. The van der Waals surface area contributed by atoms with E-state index in [1.807, 2.05) is 18.2 Å². The smallest absolute Gasteiger partial charge is 0.243 e. The fourth-order valence-corrected chi connectivity index (χ4v) is 7.22. The topological polar surface area (TPSA) is 95.1 Å². The van der Waals surface area contributed by atoms with Crippen LogP contribution in [0.15, 0.2) is 47.4 Å². The van der Waals surface area contributed by atoms with Crippen LogP contribution in [0.2, 0.25) is 0 Å². The average Bonchev–Trinajstić information content (AvgIpc) is 3.32. The Balaban J connectivity index is 1.25. The Morgan fingerprint density at radius 3 is 2.56 bits per heavy atom. The van der Waals surface area contributed by atoms with E-state index in [1.54, 1.807) is 35.6 Å². The van der Waals surface area contributed by atoms with Crippen LogP contribution in [0.5, 0.6) is 5.75 Å². The Labute approximate surface area is 215 Å². The first-order valence-electron chi connectivity index (χ1n) is 12.1. The number of anilines is 2. The van der Waals surface area contributed by atoms with Crippen molar-refractivity contribution in [1.82, 2.24) is 14.2 Å². The number of rotatable bonds is 6. The van der Waals surface area contributed by atoms with Crippen LogP contribution >= 0.6 is 11.3 Å². The molecule has 3 aromatic rings. The van der Waals surface area contributed by atoms with Crippen LogP contribution in [-0.2, 0) is 14.8 Å². The van der Waals surface area contributed by atoms with E-state index in [9.17, 15) is 13.2 Å². The second kappa shape index (κ2) is 10.3. The molecule has 2 aromatic carbocycles. The number of hydrogen-bond donors (Lipinski definition) is 1. The van der Waals surface area contributed by atoms with Crippen LogP contribution < -0.4 is 15.0 Å². The van der Waals surface area contributed by atoms with Crippen molar-refractivity contribution in [2.75, 3.05) is 63.6 Å². The van der Waals surface area contributed by atoms with Crippen LogP contribution in [0, 0.1) is 5.92 Å². The molecule has 0 spiro atoms. The number of carbonyl (C=O) groups is 1. The van der Waals surface area contributed by atoms with Crippen LogP contribution in [0.1, 0.15) is 12.8 Å². The van der Waals surface area contributed by atoms with Gasteiger partial charge in [-0.05, 0) is 62.4 Å². The van der Waals surface area contributed by atoms with Gasteiger partial charge in [0.05, 0.1) is 28.1 Å². The third-order valence-electron chi connectivity index (χ3n) is 6.87. The van der Waals surface area contributed by atoms with Gasteiger partial charge in [0.2, 0.25) is 15.9 Å². The summed E-state index contributed by atoms with van der Waals surface area (Å²) in [6, 6.07) is 12.1. The molecule has 0 aliphatic carbocycles. The van der Waals surface area contributed by atoms with Gasteiger partial charge < -0.3 is 19.9 Å². The number of piperazine rings is 1. The number of ether oxygens (including phenoxy) is 1. The zero-order valence-corrected chi connectivity index (χ0v) is 22.1. The van der Waals surface area contributed by atoms with Crippen molar-refractivity contribution in [3.8, 4) is 5.75 Å². The third kappa shape index (κ3) is 5.19. The molecule has 3 heterocycles. The molecule has 36 heavy (non-hydrogen) atoms. The summed E-state index contributed by atoms with van der Waals surface area (Å²) in [6.07, 6.45) is 1.28. The SMILES string of the molecule is COc1ccc(S(=O)(=O)N2CCCC(C(=O)Nc3ccc4nc(N5CCN(C)CC5)sc4c3)C2)cc1. The number of nitrogens with zero attached hydrogens (tertiary/aromatic N) is 4. The Bertz CT molecular complexity index is 1330. The number of nitrogens with one attached hydrogen (secondary N) is 1. The number of piperidine rings is 1. The van der Waals surface area contributed by atoms with Crippen molar-refractivity contribution in [1.29, 1.82) is 0 Å². The molecule has 192 valence electrons. The molecule has 1 atom stereocenters. The van der Waals surface area contributed by atoms with E-state index in [-0.39, 0.29) is 17.3 Å². The molecule has 5 rings (SSSR count). The number of methoxy groups -OCH3 is 1. The van der Waals surface area contributed by atoms with Crippen molar-refractivity contribution in [2.24, 2.45) is 5.92 Å². The predicted octanol–water partition coefficient (Wildman–Crippen LogP) is 3.10. The molecular formula is C25H31N5O4S2. The summed E-state index contributed by atoms with van der Waals surface area (Å²) in [7, 11) is -0.0152. The minimum absolute atomic E-state index is 0.159. The predicted molar refractivity (Wildman–Crippen MR) is 142 cm³/mol. The van der Waals surface area contributed by atoms with Crippen LogP contribution in [0.4, 0.5) is 10.8 Å². The van der Waals surface area contributed by atoms with E-state index >= 15 is 0 Å². The zero-order chi connectivity index (χ0) is 25.3. The van der Waals surface area contributed by atoms with Crippen LogP contribution in [-0.4, -0.2) is 81.9 Å². The normalized spacial score (nSPS) is 19.9. The summed E-state index contributed by atoms with van der Waals surface area (Å²) in [5, 5.41) is 4.01. The van der Waals surface area contributed by atoms with Gasteiger partial charge in [0.25, 0.3) is 0 Å². The molecule has 2 fully saturated rings. The van der Waals surface area contributed by atoms with Crippen molar-refractivity contribution < 1.29 is 17.9 Å². The fraction of sp³-hybridized carbons (Fsp3) is 0.440. The fourth-order valence-electron chi connectivity index (χ4n) is 4.64. The highest BCUT2D eigenvalue weighted by Crippen LogP contribution is 2.32. The van der Waals surface area contributed by atoms with E-state index in [4.69, 9.17) is 9.72 Å². The van der Waals surface area contributed by atoms with E-state index < -0.39 is 15.9 Å². The van der Waals surface area contributed by atoms with Crippen LogP contribution in [0.25, 0.3) is 10.2 Å². The monoisotopic (exact) mass is 529 g/mol. The molecule has 1 amide bonds. The molecule has 1 N–H and O–H groups in total. The maximum atomic E-state index is 13.2. The first-order valence-corrected chi connectivity index (χ1v) is 14.4. The van der Waals surface area contributed by atoms with Gasteiger partial charge in [-0.1, -0.05) is 11.3 Å². The third-order valence-corrected chi connectivity index (χ3v) is 9.83. The minimum Gasteiger partial charge on any atom is -0.497 e. The first kappa shape index (κ1) is 24.9. The number of amides is 1. The number of thiazole rings is 1. The lowest BCUT2D eigenvalue weighted by Gasteiger charge is -2.32. The Hall–Kier alpha value is -2.73. The van der Waals surface area contributed by atoms with Gasteiger partial charge in [-0.15, -0.1) is 0 Å². The lowest BCUT2D eigenvalue weighted by Crippen LogP contribution is -2.44. The highest BCUT2D eigenvalue weighted by molar-refractivity contribution is 7.89. The first-order chi connectivity index (χ1) is 17.3. The number of fused-ring (bicyclic) bond motifs is 1. The van der Waals surface area contributed by atoms with E-state index in [2.05, 4.69) is 22.2 Å². The van der Waals surface area contributed by atoms with Gasteiger partial charge in [-0.2, -0.15) is 4.31 Å². The quantitative estimate of drug-likeness (QED) is 0.524. The summed E-state index contributed by atoms with van der Waals surface area (Å²) in [5.41, 5.74) is 1.62. The van der Waals surface area contributed by atoms with Crippen molar-refractivity contribution in [3.05, 3.63) is 42.5 Å². The van der Waals surface area contributed by atoms with Gasteiger partial charge >= 0.3 is 0 Å². The molecule has 11 heteroatoms. The number of hydrogen-bond acceptors (Lipinski definition) is 8. The van der Waals surface area contributed by atoms with E-state index in [1.165, 1.54) is 11.4 Å². The summed E-state index contributed by atoms with van der Waals surface area (Å²) >= 11 is 1.63. The zero-order valence-electron chi connectivity index (χ0n) is 20.5. The molecule has 0 bridgehead atoms. The Morgan fingerprint density at radius 1 is 1.08 bits per heavy atom. The average molecular weight is 530 g/mol. The largest absolute Gasteiger partial charge is 0.497 e. The van der Waals surface area contributed by atoms with Crippen LogP contribution in [0.3, 0.4) is 0 Å². The Kier molecular flexibility index (Phi) is 7.16. The summed E-state index contributed by atoms with van der Waals surface area (Å²) in [4.78, 5) is 22.7. The lowest BCUT2D eigenvalue weighted by molar-refractivity contribution is -0.120. The lowest BCUT2D eigenvalue weighted by atomic mass is 9.98.